The lowest BCUT2D eigenvalue weighted by Crippen LogP contribution is -2.34. The largest absolute Gasteiger partial charge is 0.493 e. The number of rotatable bonds is 5. The number of hydrogen-bond donors (Lipinski definition) is 2. The van der Waals surface area contributed by atoms with Gasteiger partial charge in [0.1, 0.15) is 11.4 Å². The van der Waals surface area contributed by atoms with E-state index in [0.29, 0.717) is 26.0 Å². The van der Waals surface area contributed by atoms with Gasteiger partial charge in [-0.3, -0.25) is 4.79 Å². The van der Waals surface area contributed by atoms with Crippen molar-refractivity contribution >= 4 is 12.0 Å². The second kappa shape index (κ2) is 8.04. The molecule has 0 aromatic heterocycles. The number of hydrogen-bond acceptors (Lipinski definition) is 4. The van der Waals surface area contributed by atoms with Crippen LogP contribution in [0.3, 0.4) is 0 Å². The van der Waals surface area contributed by atoms with E-state index >= 15 is 0 Å². The van der Waals surface area contributed by atoms with Gasteiger partial charge in [0.25, 0.3) is 0 Å². The highest BCUT2D eigenvalue weighted by atomic mass is 16.6. The molecule has 2 rings (SSSR count). The standard InChI is InChI=1S/C18H26N2O4/c1-18(2,3)24-17(22)19-11-6-9-16(21)20-14-10-12-23-15-8-5-4-7-13(14)15/h4-5,7-8,14H,6,9-12H2,1-3H3,(H,19,22)(H,20,21)/t14-/m1/s1. The summed E-state index contributed by atoms with van der Waals surface area (Å²) in [6.07, 6.45) is 1.23. The number of benzene rings is 1. The highest BCUT2D eigenvalue weighted by Crippen LogP contribution is 2.31. The van der Waals surface area contributed by atoms with Crippen molar-refractivity contribution in [2.45, 2.75) is 51.7 Å². The van der Waals surface area contributed by atoms with E-state index in [-0.39, 0.29) is 11.9 Å². The van der Waals surface area contributed by atoms with E-state index in [1.54, 1.807) is 0 Å². The van der Waals surface area contributed by atoms with Crippen LogP contribution in [0.2, 0.25) is 0 Å². The molecule has 6 heteroatoms. The van der Waals surface area contributed by atoms with E-state index in [9.17, 15) is 9.59 Å². The molecule has 0 saturated heterocycles. The van der Waals surface area contributed by atoms with Crippen LogP contribution >= 0.6 is 0 Å². The Kier molecular flexibility index (Phi) is 6.06. The van der Waals surface area contributed by atoms with Crippen molar-refractivity contribution in [1.29, 1.82) is 0 Å². The molecular formula is C18H26N2O4. The van der Waals surface area contributed by atoms with Gasteiger partial charge in [0.05, 0.1) is 12.6 Å². The van der Waals surface area contributed by atoms with Crippen LogP contribution in [0.15, 0.2) is 24.3 Å². The molecule has 0 unspecified atom stereocenters. The van der Waals surface area contributed by atoms with Crippen LogP contribution in [0.1, 0.15) is 51.6 Å². The highest BCUT2D eigenvalue weighted by molar-refractivity contribution is 5.76. The molecule has 0 radical (unpaired) electrons. The summed E-state index contributed by atoms with van der Waals surface area (Å²) in [5.74, 6) is 0.809. The zero-order chi connectivity index (χ0) is 17.6. The normalized spacial score (nSPS) is 16.5. The van der Waals surface area contributed by atoms with Crippen LogP contribution < -0.4 is 15.4 Å². The molecule has 1 aliphatic rings. The minimum atomic E-state index is -0.516. The third kappa shape index (κ3) is 5.76. The van der Waals surface area contributed by atoms with E-state index in [1.165, 1.54) is 0 Å². The second-order valence-corrected chi connectivity index (χ2v) is 6.83. The van der Waals surface area contributed by atoms with Gasteiger partial charge < -0.3 is 20.1 Å². The van der Waals surface area contributed by atoms with Crippen molar-refractivity contribution in [3.05, 3.63) is 29.8 Å². The zero-order valence-corrected chi connectivity index (χ0v) is 14.6. The Morgan fingerprint density at radius 3 is 2.79 bits per heavy atom. The molecule has 1 aliphatic heterocycles. The molecule has 1 heterocycles. The highest BCUT2D eigenvalue weighted by Gasteiger charge is 2.22. The van der Waals surface area contributed by atoms with Crippen molar-refractivity contribution in [2.75, 3.05) is 13.2 Å². The Balaban J connectivity index is 1.70. The fourth-order valence-electron chi connectivity index (χ4n) is 2.51. The van der Waals surface area contributed by atoms with Crippen molar-refractivity contribution in [2.24, 2.45) is 0 Å². The smallest absolute Gasteiger partial charge is 0.407 e. The molecule has 1 aromatic carbocycles. The van der Waals surface area contributed by atoms with Crippen LogP contribution in [-0.2, 0) is 9.53 Å². The van der Waals surface area contributed by atoms with Crippen molar-refractivity contribution < 1.29 is 19.1 Å². The molecule has 132 valence electrons. The lowest BCUT2D eigenvalue weighted by molar-refractivity contribution is -0.122. The average molecular weight is 334 g/mol. The molecular weight excluding hydrogens is 308 g/mol. The summed E-state index contributed by atoms with van der Waals surface area (Å²) in [4.78, 5) is 23.6. The van der Waals surface area contributed by atoms with Gasteiger partial charge in [0.2, 0.25) is 5.91 Å². The Bertz CT molecular complexity index is 581. The summed E-state index contributed by atoms with van der Waals surface area (Å²) in [5.41, 5.74) is 0.502. The summed E-state index contributed by atoms with van der Waals surface area (Å²) in [6.45, 7) is 6.44. The van der Waals surface area contributed by atoms with E-state index < -0.39 is 11.7 Å². The maximum absolute atomic E-state index is 12.1. The number of ether oxygens (including phenoxy) is 2. The molecule has 0 bridgehead atoms. The molecule has 1 aromatic rings. The number of carbonyl (C=O) groups excluding carboxylic acids is 2. The van der Waals surface area contributed by atoms with Gasteiger partial charge >= 0.3 is 6.09 Å². The van der Waals surface area contributed by atoms with Crippen LogP contribution in [0.25, 0.3) is 0 Å². The first-order valence-electron chi connectivity index (χ1n) is 8.33. The van der Waals surface area contributed by atoms with Crippen LogP contribution in [0.4, 0.5) is 4.79 Å². The molecule has 2 N–H and O–H groups in total. The van der Waals surface area contributed by atoms with Gasteiger partial charge in [0, 0.05) is 24.9 Å². The summed E-state index contributed by atoms with van der Waals surface area (Å²) in [5, 5.41) is 5.69. The summed E-state index contributed by atoms with van der Waals surface area (Å²) in [6, 6.07) is 7.74. The molecule has 6 nitrogen and oxygen atoms in total. The molecule has 0 aliphatic carbocycles. The van der Waals surface area contributed by atoms with Gasteiger partial charge in [-0.2, -0.15) is 0 Å². The van der Waals surface area contributed by atoms with Gasteiger partial charge in [-0.25, -0.2) is 4.79 Å². The monoisotopic (exact) mass is 334 g/mol. The summed E-state index contributed by atoms with van der Waals surface area (Å²) in [7, 11) is 0. The molecule has 0 fully saturated rings. The van der Waals surface area contributed by atoms with Crippen molar-refractivity contribution in [1.82, 2.24) is 10.6 Å². The topological polar surface area (TPSA) is 76.7 Å². The van der Waals surface area contributed by atoms with Gasteiger partial charge in [-0.05, 0) is 33.3 Å². The minimum absolute atomic E-state index is 0.0127. The number of para-hydroxylation sites is 1. The molecule has 2 amide bonds. The van der Waals surface area contributed by atoms with Crippen molar-refractivity contribution in [3.8, 4) is 5.75 Å². The first-order chi connectivity index (χ1) is 11.3. The fraction of sp³-hybridized carbons (Fsp3) is 0.556. The summed E-state index contributed by atoms with van der Waals surface area (Å²) >= 11 is 0. The maximum Gasteiger partial charge on any atom is 0.407 e. The Labute approximate surface area is 142 Å². The van der Waals surface area contributed by atoms with E-state index in [0.717, 1.165) is 17.7 Å². The third-order valence-corrected chi connectivity index (χ3v) is 3.54. The van der Waals surface area contributed by atoms with E-state index in [4.69, 9.17) is 9.47 Å². The Morgan fingerprint density at radius 1 is 1.29 bits per heavy atom. The van der Waals surface area contributed by atoms with Crippen LogP contribution in [-0.4, -0.2) is 30.8 Å². The minimum Gasteiger partial charge on any atom is -0.493 e. The maximum atomic E-state index is 12.1. The SMILES string of the molecule is CC(C)(C)OC(=O)NCCCC(=O)N[C@@H]1CCOc2ccccc21. The predicted octanol–water partition coefficient (Wildman–Crippen LogP) is 2.93. The lowest BCUT2D eigenvalue weighted by atomic mass is 10.0. The lowest BCUT2D eigenvalue weighted by Gasteiger charge is -2.26. The van der Waals surface area contributed by atoms with Gasteiger partial charge in [-0.1, -0.05) is 18.2 Å². The third-order valence-electron chi connectivity index (χ3n) is 3.54. The Morgan fingerprint density at radius 2 is 2.04 bits per heavy atom. The number of alkyl carbamates (subject to hydrolysis) is 1. The molecule has 1 atom stereocenters. The number of amides is 2. The number of nitrogens with one attached hydrogen (secondary N) is 2. The molecule has 24 heavy (non-hydrogen) atoms. The zero-order valence-electron chi connectivity index (χ0n) is 14.6. The molecule has 0 spiro atoms. The van der Waals surface area contributed by atoms with E-state index in [2.05, 4.69) is 10.6 Å². The first-order valence-corrected chi connectivity index (χ1v) is 8.33. The van der Waals surface area contributed by atoms with Crippen LogP contribution in [0.5, 0.6) is 5.75 Å². The summed E-state index contributed by atoms with van der Waals surface area (Å²) < 4.78 is 10.7. The Hall–Kier alpha value is -2.24. The fourth-order valence-corrected chi connectivity index (χ4v) is 2.51. The van der Waals surface area contributed by atoms with E-state index in [1.807, 2.05) is 45.0 Å². The van der Waals surface area contributed by atoms with Crippen molar-refractivity contribution in [3.63, 3.8) is 0 Å². The predicted molar refractivity (Wildman–Crippen MR) is 90.9 cm³/mol. The number of fused-ring (bicyclic) bond motifs is 1. The van der Waals surface area contributed by atoms with Crippen LogP contribution in [0, 0.1) is 0 Å². The van der Waals surface area contributed by atoms with Gasteiger partial charge in [0.15, 0.2) is 0 Å². The second-order valence-electron chi connectivity index (χ2n) is 6.83. The number of carbonyl (C=O) groups is 2. The first kappa shape index (κ1) is 18.1. The quantitative estimate of drug-likeness (QED) is 0.812. The van der Waals surface area contributed by atoms with Gasteiger partial charge in [-0.15, -0.1) is 0 Å². The average Bonchev–Trinajstić information content (AvgIpc) is 2.50. The molecule has 0 saturated carbocycles.